The molecule has 2 aromatic rings. The van der Waals surface area contributed by atoms with Crippen molar-refractivity contribution in [2.45, 2.75) is 19.4 Å². The molecule has 2 aliphatic heterocycles. The predicted molar refractivity (Wildman–Crippen MR) is 98.8 cm³/mol. The van der Waals surface area contributed by atoms with Crippen LogP contribution in [0.1, 0.15) is 24.0 Å². The Labute approximate surface area is 157 Å². The van der Waals surface area contributed by atoms with Gasteiger partial charge in [-0.2, -0.15) is 5.10 Å². The molecule has 0 radical (unpaired) electrons. The molecular formula is C20H20N4O3. The lowest BCUT2D eigenvalue weighted by Gasteiger charge is -2.37. The van der Waals surface area contributed by atoms with Crippen molar-refractivity contribution in [3.05, 3.63) is 66.0 Å². The first-order valence-electron chi connectivity index (χ1n) is 8.94. The number of hydrazone groups is 1. The van der Waals surface area contributed by atoms with E-state index in [0.29, 0.717) is 25.9 Å². The number of likely N-dealkylation sites (tertiary alicyclic amines) is 1. The Hall–Kier alpha value is -3.22. The lowest BCUT2D eigenvalue weighted by Crippen LogP contribution is -2.50. The van der Waals surface area contributed by atoms with E-state index in [1.807, 2.05) is 42.5 Å². The first-order valence-corrected chi connectivity index (χ1v) is 8.94. The minimum absolute atomic E-state index is 0.105. The zero-order valence-corrected chi connectivity index (χ0v) is 14.8. The Kier molecular flexibility index (Phi) is 4.58. The molecule has 0 atom stereocenters. The van der Waals surface area contributed by atoms with Gasteiger partial charge in [-0.1, -0.05) is 30.3 Å². The number of piperidine rings is 1. The molecule has 4 rings (SSSR count). The maximum atomic E-state index is 12.5. The number of carbonyl (C=O) groups is 2. The summed E-state index contributed by atoms with van der Waals surface area (Å²) in [5, 5.41) is 4.26. The molecule has 1 aromatic heterocycles. The Morgan fingerprint density at radius 3 is 2.52 bits per heavy atom. The quantitative estimate of drug-likeness (QED) is 0.906. The van der Waals surface area contributed by atoms with E-state index in [1.54, 1.807) is 17.3 Å². The second-order valence-electron chi connectivity index (χ2n) is 6.75. The Balaban J connectivity index is 1.41. The number of nitrogens with one attached hydrogen (secondary N) is 1. The fourth-order valence-corrected chi connectivity index (χ4v) is 3.62. The molecule has 1 aromatic carbocycles. The van der Waals surface area contributed by atoms with E-state index in [-0.39, 0.29) is 18.6 Å². The van der Waals surface area contributed by atoms with Crippen molar-refractivity contribution in [3.8, 4) is 0 Å². The van der Waals surface area contributed by atoms with Gasteiger partial charge in [-0.25, -0.2) is 10.2 Å². The number of carbonyl (C=O) groups excluding carboxylic acids is 2. The van der Waals surface area contributed by atoms with Crippen molar-refractivity contribution in [2.24, 2.45) is 10.5 Å². The number of aromatic nitrogens is 1. The number of hydrogen-bond donors (Lipinski definition) is 1. The third-order valence-electron chi connectivity index (χ3n) is 5.19. The highest BCUT2D eigenvalue weighted by atomic mass is 16.6. The van der Waals surface area contributed by atoms with E-state index in [1.165, 1.54) is 0 Å². The number of benzene rings is 1. The second kappa shape index (κ2) is 7.19. The van der Waals surface area contributed by atoms with Crippen molar-refractivity contribution in [1.82, 2.24) is 15.3 Å². The average Bonchev–Trinajstić information content (AvgIpc) is 3.04. The number of nitrogens with zero attached hydrogens (tertiary/aromatic N) is 3. The van der Waals surface area contributed by atoms with E-state index in [0.717, 1.165) is 16.8 Å². The van der Waals surface area contributed by atoms with E-state index >= 15 is 0 Å². The van der Waals surface area contributed by atoms with Crippen LogP contribution in [0.25, 0.3) is 0 Å². The van der Waals surface area contributed by atoms with E-state index in [4.69, 9.17) is 4.74 Å². The molecule has 1 fully saturated rings. The van der Waals surface area contributed by atoms with Gasteiger partial charge in [0.15, 0.2) is 0 Å². The van der Waals surface area contributed by atoms with Gasteiger partial charge in [-0.3, -0.25) is 9.78 Å². The maximum absolute atomic E-state index is 12.5. The van der Waals surface area contributed by atoms with Crippen LogP contribution >= 0.6 is 0 Å². The Bertz CT molecular complexity index is 859. The summed E-state index contributed by atoms with van der Waals surface area (Å²) in [4.78, 5) is 30.6. The number of hydrogen-bond acceptors (Lipinski definition) is 5. The number of pyridine rings is 1. The molecule has 0 saturated carbocycles. The van der Waals surface area contributed by atoms with Crippen LogP contribution in [0.2, 0.25) is 0 Å². The Morgan fingerprint density at radius 1 is 1.11 bits per heavy atom. The van der Waals surface area contributed by atoms with Gasteiger partial charge in [0.1, 0.15) is 6.61 Å². The predicted octanol–water partition coefficient (Wildman–Crippen LogP) is 2.33. The van der Waals surface area contributed by atoms with Gasteiger partial charge in [-0.05, 0) is 30.5 Å². The van der Waals surface area contributed by atoms with Crippen molar-refractivity contribution < 1.29 is 14.3 Å². The average molecular weight is 364 g/mol. The van der Waals surface area contributed by atoms with Gasteiger partial charge >= 0.3 is 6.09 Å². The van der Waals surface area contributed by atoms with E-state index in [2.05, 4.69) is 15.5 Å². The summed E-state index contributed by atoms with van der Waals surface area (Å²) in [6.07, 6.45) is 4.05. The first kappa shape index (κ1) is 17.2. The lowest BCUT2D eigenvalue weighted by molar-refractivity contribution is -0.128. The minimum Gasteiger partial charge on any atom is -0.445 e. The van der Waals surface area contributed by atoms with Gasteiger partial charge in [0.25, 0.3) is 5.91 Å². The highest BCUT2D eigenvalue weighted by Gasteiger charge is 2.50. The fraction of sp³-hybridized carbons (Fsp3) is 0.300. The van der Waals surface area contributed by atoms with Crippen LogP contribution in [0.5, 0.6) is 0 Å². The minimum atomic E-state index is -0.697. The molecule has 2 amide bonds. The number of ether oxygens (including phenoxy) is 1. The summed E-state index contributed by atoms with van der Waals surface area (Å²) in [6.45, 7) is 1.14. The second-order valence-corrected chi connectivity index (χ2v) is 6.75. The van der Waals surface area contributed by atoms with Crippen molar-refractivity contribution in [2.75, 3.05) is 13.1 Å². The molecule has 0 unspecified atom stereocenters. The lowest BCUT2D eigenvalue weighted by atomic mass is 9.72. The van der Waals surface area contributed by atoms with Gasteiger partial charge in [0.05, 0.1) is 11.1 Å². The molecule has 7 nitrogen and oxygen atoms in total. The van der Waals surface area contributed by atoms with Gasteiger partial charge in [0, 0.05) is 31.0 Å². The first-order chi connectivity index (χ1) is 13.2. The molecule has 7 heteroatoms. The normalized spacial score (nSPS) is 18.1. The van der Waals surface area contributed by atoms with Crippen molar-refractivity contribution in [3.63, 3.8) is 0 Å². The van der Waals surface area contributed by atoms with Crippen LogP contribution in [-0.2, 0) is 16.1 Å². The molecule has 0 aliphatic carbocycles. The summed E-state index contributed by atoms with van der Waals surface area (Å²) in [5.74, 6) is -0.105. The maximum Gasteiger partial charge on any atom is 0.410 e. The molecule has 1 spiro atoms. The fourth-order valence-electron chi connectivity index (χ4n) is 3.62. The summed E-state index contributed by atoms with van der Waals surface area (Å²) in [5.41, 5.74) is 4.47. The van der Waals surface area contributed by atoms with Gasteiger partial charge in [0.2, 0.25) is 0 Å². The van der Waals surface area contributed by atoms with Gasteiger partial charge < -0.3 is 9.64 Å². The summed E-state index contributed by atoms with van der Waals surface area (Å²) in [7, 11) is 0. The summed E-state index contributed by atoms with van der Waals surface area (Å²) < 4.78 is 5.40. The molecule has 138 valence electrons. The topological polar surface area (TPSA) is 83.9 Å². The standard InChI is InChI=1S/C20H20N4O3/c25-18-20(17(22-23-18)16-6-10-21-11-7-16)8-12-24(13-9-20)19(26)27-14-15-4-2-1-3-5-15/h1-7,10-11H,8-9,12-14H2,(H,23,25). The molecule has 27 heavy (non-hydrogen) atoms. The molecule has 3 heterocycles. The van der Waals surface area contributed by atoms with Crippen molar-refractivity contribution >= 4 is 17.7 Å². The number of rotatable bonds is 3. The van der Waals surface area contributed by atoms with E-state index < -0.39 is 5.41 Å². The smallest absolute Gasteiger partial charge is 0.410 e. The third-order valence-corrected chi connectivity index (χ3v) is 5.19. The van der Waals surface area contributed by atoms with Crippen LogP contribution in [0, 0.1) is 5.41 Å². The molecule has 2 aliphatic rings. The molecule has 1 N–H and O–H groups in total. The highest BCUT2D eigenvalue weighted by Crippen LogP contribution is 2.38. The summed E-state index contributed by atoms with van der Waals surface area (Å²) >= 11 is 0. The SMILES string of the molecule is O=C(OCc1ccccc1)N1CCC2(CC1)C(=O)NN=C2c1ccncc1. The monoisotopic (exact) mass is 364 g/mol. The van der Waals surface area contributed by atoms with E-state index in [9.17, 15) is 9.59 Å². The zero-order valence-electron chi connectivity index (χ0n) is 14.8. The summed E-state index contributed by atoms with van der Waals surface area (Å²) in [6, 6.07) is 13.3. The van der Waals surface area contributed by atoms with Crippen LogP contribution in [0.15, 0.2) is 60.0 Å². The van der Waals surface area contributed by atoms with Crippen LogP contribution in [0.3, 0.4) is 0 Å². The van der Waals surface area contributed by atoms with Crippen LogP contribution in [-0.4, -0.2) is 40.7 Å². The molecule has 0 bridgehead atoms. The highest BCUT2D eigenvalue weighted by molar-refractivity contribution is 6.19. The molecular weight excluding hydrogens is 344 g/mol. The van der Waals surface area contributed by atoms with Crippen molar-refractivity contribution in [1.29, 1.82) is 0 Å². The van der Waals surface area contributed by atoms with Gasteiger partial charge in [-0.15, -0.1) is 0 Å². The third kappa shape index (κ3) is 3.28. The largest absolute Gasteiger partial charge is 0.445 e. The molecule has 1 saturated heterocycles. The van der Waals surface area contributed by atoms with Crippen LogP contribution in [0.4, 0.5) is 4.79 Å². The zero-order chi connectivity index (χ0) is 18.7. The Morgan fingerprint density at radius 2 is 1.81 bits per heavy atom. The number of amides is 2. The van der Waals surface area contributed by atoms with Crippen LogP contribution < -0.4 is 5.43 Å².